The summed E-state index contributed by atoms with van der Waals surface area (Å²) < 4.78 is 10.2. The molecule has 1 aromatic heterocycles. The van der Waals surface area contributed by atoms with Gasteiger partial charge in [-0.15, -0.1) is 23.5 Å². The maximum absolute atomic E-state index is 12.3. The number of nitrogens with zero attached hydrogens (tertiary/aromatic N) is 2. The number of benzene rings is 1. The highest BCUT2D eigenvalue weighted by Gasteiger charge is 2.22. The van der Waals surface area contributed by atoms with Gasteiger partial charge in [-0.2, -0.15) is 4.37 Å². The summed E-state index contributed by atoms with van der Waals surface area (Å²) in [7, 11) is 1.50. The molecule has 2 aromatic rings. The Bertz CT molecular complexity index is 758. The van der Waals surface area contributed by atoms with Gasteiger partial charge in [0.2, 0.25) is 0 Å². The molecule has 0 atom stereocenters. The van der Waals surface area contributed by atoms with Gasteiger partial charge in [0.1, 0.15) is 16.3 Å². The van der Waals surface area contributed by atoms with E-state index in [-0.39, 0.29) is 5.84 Å². The van der Waals surface area contributed by atoms with Crippen LogP contribution in [0, 0.1) is 0 Å². The Morgan fingerprint density at radius 1 is 1.38 bits per heavy atom. The van der Waals surface area contributed by atoms with Gasteiger partial charge in [-0.3, -0.25) is 0 Å². The second-order valence-electron chi connectivity index (χ2n) is 4.26. The van der Waals surface area contributed by atoms with E-state index in [1.165, 1.54) is 42.2 Å². The van der Waals surface area contributed by atoms with E-state index in [1.54, 1.807) is 18.2 Å². The summed E-state index contributed by atoms with van der Waals surface area (Å²) in [5.41, 5.74) is 6.73. The van der Waals surface area contributed by atoms with E-state index in [2.05, 4.69) is 9.53 Å². The zero-order valence-electron chi connectivity index (χ0n) is 13.0. The molecule has 128 valence electrons. The van der Waals surface area contributed by atoms with Crippen LogP contribution < -0.4 is 10.5 Å². The van der Waals surface area contributed by atoms with Crippen LogP contribution in [0.1, 0.15) is 15.9 Å². The van der Waals surface area contributed by atoms with Gasteiger partial charge in [0.25, 0.3) is 0 Å². The zero-order valence-corrected chi connectivity index (χ0v) is 16.2. The second-order valence-corrected chi connectivity index (χ2v) is 7.34. The monoisotopic (exact) mass is 403 g/mol. The van der Waals surface area contributed by atoms with Crippen LogP contribution in [0.5, 0.6) is 5.75 Å². The van der Waals surface area contributed by atoms with Gasteiger partial charge in [-0.1, -0.05) is 16.8 Å². The van der Waals surface area contributed by atoms with Crippen molar-refractivity contribution >= 4 is 58.5 Å². The highest BCUT2D eigenvalue weighted by Crippen LogP contribution is 2.33. The number of rotatable bonds is 6. The molecule has 0 aliphatic rings. The fourth-order valence-electron chi connectivity index (χ4n) is 1.78. The average Bonchev–Trinajstić information content (AvgIpc) is 3.02. The summed E-state index contributed by atoms with van der Waals surface area (Å²) in [6.45, 7) is 0. The molecular formula is C14H14ClN3O3S3. The van der Waals surface area contributed by atoms with Gasteiger partial charge < -0.3 is 15.3 Å². The van der Waals surface area contributed by atoms with Crippen molar-refractivity contribution in [2.24, 2.45) is 10.9 Å². The number of halogens is 1. The number of thioether (sulfide) groups is 2. The average molecular weight is 404 g/mol. The Labute approximate surface area is 156 Å². The standard InChI is InChI=1S/C14H14ClN3O3S3/c1-20-9-5-4-7(15)6-8(9)11(16)17-21-13(19)10-12(22-2)18-24-14(10)23-3/h4-6H,1-3H3,(H2,16,17). The third-order valence-electron chi connectivity index (χ3n) is 2.88. The van der Waals surface area contributed by atoms with E-state index in [9.17, 15) is 4.79 Å². The Hall–Kier alpha value is -1.42. The number of methoxy groups -OCH3 is 1. The van der Waals surface area contributed by atoms with Crippen molar-refractivity contribution in [3.05, 3.63) is 34.3 Å². The fraction of sp³-hybridized carbons (Fsp3) is 0.214. The lowest BCUT2D eigenvalue weighted by atomic mass is 10.2. The zero-order chi connectivity index (χ0) is 17.7. The number of ether oxygens (including phenoxy) is 1. The number of hydrogen-bond acceptors (Lipinski definition) is 8. The molecule has 0 spiro atoms. The van der Waals surface area contributed by atoms with E-state index < -0.39 is 5.97 Å². The number of carbonyl (C=O) groups excluding carboxylic acids is 1. The van der Waals surface area contributed by atoms with Gasteiger partial charge in [0.15, 0.2) is 5.84 Å². The lowest BCUT2D eigenvalue weighted by Crippen LogP contribution is -2.16. The molecule has 0 fully saturated rings. The van der Waals surface area contributed by atoms with Gasteiger partial charge in [-0.25, -0.2) is 4.79 Å². The molecule has 0 amide bonds. The Morgan fingerprint density at radius 2 is 2.12 bits per heavy atom. The van der Waals surface area contributed by atoms with Gasteiger partial charge >= 0.3 is 5.97 Å². The minimum absolute atomic E-state index is 0.0118. The number of carbonyl (C=O) groups is 1. The van der Waals surface area contributed by atoms with Crippen molar-refractivity contribution in [1.82, 2.24) is 4.37 Å². The van der Waals surface area contributed by atoms with Crippen LogP contribution in [-0.2, 0) is 4.84 Å². The molecular weight excluding hydrogens is 390 g/mol. The van der Waals surface area contributed by atoms with Crippen LogP contribution in [-0.4, -0.2) is 35.8 Å². The minimum atomic E-state index is -0.610. The Morgan fingerprint density at radius 3 is 2.75 bits per heavy atom. The highest BCUT2D eigenvalue weighted by atomic mass is 35.5. The van der Waals surface area contributed by atoms with Gasteiger partial charge in [-0.05, 0) is 42.2 Å². The van der Waals surface area contributed by atoms with Crippen molar-refractivity contribution in [2.45, 2.75) is 9.24 Å². The lowest BCUT2D eigenvalue weighted by Gasteiger charge is -2.08. The van der Waals surface area contributed by atoms with Crippen LogP contribution in [0.4, 0.5) is 0 Å². The lowest BCUT2D eigenvalue weighted by molar-refractivity contribution is 0.0508. The molecule has 0 aliphatic carbocycles. The fourth-order valence-corrected chi connectivity index (χ4v) is 4.20. The van der Waals surface area contributed by atoms with E-state index in [0.717, 1.165) is 4.21 Å². The number of aromatic nitrogens is 1. The molecule has 1 aromatic carbocycles. The third kappa shape index (κ3) is 4.15. The molecule has 0 saturated carbocycles. The number of hydrogen-bond donors (Lipinski definition) is 1. The molecule has 0 aliphatic heterocycles. The van der Waals surface area contributed by atoms with Crippen molar-refractivity contribution in [2.75, 3.05) is 19.6 Å². The van der Waals surface area contributed by atoms with Crippen LogP contribution in [0.25, 0.3) is 0 Å². The summed E-state index contributed by atoms with van der Waals surface area (Å²) in [4.78, 5) is 17.3. The summed E-state index contributed by atoms with van der Waals surface area (Å²) in [6, 6.07) is 4.90. The molecule has 0 unspecified atom stereocenters. The van der Waals surface area contributed by atoms with Gasteiger partial charge in [0.05, 0.1) is 16.9 Å². The normalized spacial score (nSPS) is 11.4. The van der Waals surface area contributed by atoms with E-state index in [1.807, 2.05) is 12.5 Å². The largest absolute Gasteiger partial charge is 0.496 e. The number of amidine groups is 1. The molecule has 0 saturated heterocycles. The Balaban J connectivity index is 2.26. The maximum atomic E-state index is 12.3. The second kappa shape index (κ2) is 8.61. The smallest absolute Gasteiger partial charge is 0.370 e. The first-order chi connectivity index (χ1) is 11.5. The minimum Gasteiger partial charge on any atom is -0.496 e. The van der Waals surface area contributed by atoms with Crippen molar-refractivity contribution in [1.29, 1.82) is 0 Å². The SMILES string of the molecule is COc1ccc(Cl)cc1/C(N)=N/OC(=O)c1c(SC)nsc1SC. The number of nitrogens with two attached hydrogens (primary N) is 1. The first kappa shape index (κ1) is 18.9. The molecule has 0 radical (unpaired) electrons. The topological polar surface area (TPSA) is 86.8 Å². The molecule has 10 heteroatoms. The quantitative estimate of drug-likeness (QED) is 0.258. The van der Waals surface area contributed by atoms with E-state index >= 15 is 0 Å². The molecule has 1 heterocycles. The van der Waals surface area contributed by atoms with E-state index in [0.29, 0.717) is 26.9 Å². The molecule has 2 rings (SSSR count). The van der Waals surface area contributed by atoms with Crippen molar-refractivity contribution in [3.8, 4) is 5.75 Å². The van der Waals surface area contributed by atoms with Crippen LogP contribution >= 0.6 is 46.7 Å². The Kier molecular flexibility index (Phi) is 6.79. The third-order valence-corrected chi connectivity index (χ3v) is 5.85. The summed E-state index contributed by atoms with van der Waals surface area (Å²) in [5, 5.41) is 4.78. The van der Waals surface area contributed by atoms with Crippen LogP contribution in [0.2, 0.25) is 5.02 Å². The molecule has 6 nitrogen and oxygen atoms in total. The van der Waals surface area contributed by atoms with Crippen LogP contribution in [0.15, 0.2) is 32.6 Å². The van der Waals surface area contributed by atoms with Gasteiger partial charge in [0, 0.05) is 5.02 Å². The highest BCUT2D eigenvalue weighted by molar-refractivity contribution is 8.01. The van der Waals surface area contributed by atoms with Crippen LogP contribution in [0.3, 0.4) is 0 Å². The van der Waals surface area contributed by atoms with Crippen molar-refractivity contribution in [3.63, 3.8) is 0 Å². The first-order valence-corrected chi connectivity index (χ1v) is 10.1. The predicted octanol–water partition coefficient (Wildman–Crippen LogP) is 3.73. The number of oxime groups is 1. The molecule has 2 N–H and O–H groups in total. The summed E-state index contributed by atoms with van der Waals surface area (Å²) in [6.07, 6.45) is 3.70. The molecule has 0 bridgehead atoms. The van der Waals surface area contributed by atoms with E-state index in [4.69, 9.17) is 26.9 Å². The summed E-state index contributed by atoms with van der Waals surface area (Å²) in [5.74, 6) is -0.146. The summed E-state index contributed by atoms with van der Waals surface area (Å²) >= 11 is 9.99. The maximum Gasteiger partial charge on any atom is 0.370 e. The molecule has 24 heavy (non-hydrogen) atoms. The first-order valence-electron chi connectivity index (χ1n) is 6.48. The predicted molar refractivity (Wildman–Crippen MR) is 99.8 cm³/mol. The van der Waals surface area contributed by atoms with Crippen molar-refractivity contribution < 1.29 is 14.4 Å².